The minimum absolute atomic E-state index is 0.0211. The highest BCUT2D eigenvalue weighted by Gasteiger charge is 2.43. The minimum Gasteiger partial charge on any atom is -0.383 e. The molecule has 0 aliphatic carbocycles. The van der Waals surface area contributed by atoms with Crippen molar-refractivity contribution in [2.45, 2.75) is 24.6 Å². The highest BCUT2D eigenvalue weighted by atomic mass is 32.2. The number of carbonyl (C=O) groups excluding carboxylic acids is 1. The quantitative estimate of drug-likeness (QED) is 0.755. The van der Waals surface area contributed by atoms with Gasteiger partial charge in [0, 0.05) is 32.8 Å². The molecule has 0 aromatic heterocycles. The summed E-state index contributed by atoms with van der Waals surface area (Å²) < 4.78 is 45.1. The topological polar surface area (TPSA) is 66.9 Å². The Balaban J connectivity index is 1.76. The lowest BCUT2D eigenvalue weighted by Crippen LogP contribution is -2.49. The van der Waals surface area contributed by atoms with Gasteiger partial charge in [0.1, 0.15) is 5.82 Å². The number of sulfonamides is 1. The van der Waals surface area contributed by atoms with Crippen molar-refractivity contribution in [2.24, 2.45) is 5.92 Å². The molecule has 3 heterocycles. The summed E-state index contributed by atoms with van der Waals surface area (Å²) in [6.45, 7) is 1.47. The molecular formula is C17H23FN2O4S. The van der Waals surface area contributed by atoms with E-state index in [1.165, 1.54) is 28.6 Å². The van der Waals surface area contributed by atoms with E-state index in [1.807, 2.05) is 0 Å². The third-order valence-corrected chi connectivity index (χ3v) is 6.73. The molecule has 1 amide bonds. The summed E-state index contributed by atoms with van der Waals surface area (Å²) >= 11 is 0. The lowest BCUT2D eigenvalue weighted by molar-refractivity contribution is -0.140. The van der Waals surface area contributed by atoms with Crippen LogP contribution in [0.25, 0.3) is 0 Å². The molecule has 3 saturated heterocycles. The van der Waals surface area contributed by atoms with E-state index in [9.17, 15) is 17.6 Å². The predicted molar refractivity (Wildman–Crippen MR) is 90.7 cm³/mol. The fourth-order valence-corrected chi connectivity index (χ4v) is 5.20. The Hall–Kier alpha value is -1.51. The van der Waals surface area contributed by atoms with E-state index in [4.69, 9.17) is 4.74 Å². The number of halogens is 1. The first-order valence-electron chi connectivity index (χ1n) is 8.42. The van der Waals surface area contributed by atoms with Gasteiger partial charge in [0.05, 0.1) is 18.3 Å². The predicted octanol–water partition coefficient (Wildman–Crippen LogP) is 1.22. The van der Waals surface area contributed by atoms with Crippen LogP contribution in [0.3, 0.4) is 0 Å². The lowest BCUT2D eigenvalue weighted by Gasteiger charge is -2.35. The van der Waals surface area contributed by atoms with Crippen LogP contribution in [-0.4, -0.2) is 62.9 Å². The molecule has 8 heteroatoms. The molecule has 4 rings (SSSR count). The Morgan fingerprint density at radius 2 is 1.92 bits per heavy atom. The molecule has 1 aromatic rings. The number of benzene rings is 1. The molecule has 0 spiro atoms. The van der Waals surface area contributed by atoms with Crippen LogP contribution < -0.4 is 0 Å². The van der Waals surface area contributed by atoms with Crippen molar-refractivity contribution in [2.75, 3.05) is 33.4 Å². The highest BCUT2D eigenvalue weighted by Crippen LogP contribution is 2.31. The molecule has 6 nitrogen and oxygen atoms in total. The monoisotopic (exact) mass is 370 g/mol. The molecule has 2 atom stereocenters. The number of fused-ring (bicyclic) bond motifs is 4. The Bertz CT molecular complexity index is 723. The maximum atomic E-state index is 13.0. The van der Waals surface area contributed by atoms with Crippen LogP contribution in [0.1, 0.15) is 18.4 Å². The number of rotatable bonds is 6. The molecule has 0 unspecified atom stereocenters. The Kier molecular flexibility index (Phi) is 5.41. The van der Waals surface area contributed by atoms with Crippen molar-refractivity contribution >= 4 is 15.9 Å². The van der Waals surface area contributed by atoms with Crippen molar-refractivity contribution in [1.29, 1.82) is 0 Å². The number of amides is 1. The van der Waals surface area contributed by atoms with Gasteiger partial charge in [0.2, 0.25) is 15.9 Å². The largest absolute Gasteiger partial charge is 0.383 e. The molecule has 1 aromatic carbocycles. The summed E-state index contributed by atoms with van der Waals surface area (Å²) in [6.07, 6.45) is 1.53. The SMILES string of the molecule is COCCN1C(=O)[C@@H]2CC[C@H]1CN(S(=O)(=O)Cc1ccc(F)cc1)C2. The van der Waals surface area contributed by atoms with E-state index in [-0.39, 0.29) is 30.2 Å². The lowest BCUT2D eigenvalue weighted by atomic mass is 9.94. The summed E-state index contributed by atoms with van der Waals surface area (Å²) in [5.41, 5.74) is 0.542. The number of methoxy groups -OCH3 is 1. The van der Waals surface area contributed by atoms with Crippen molar-refractivity contribution in [1.82, 2.24) is 9.21 Å². The summed E-state index contributed by atoms with van der Waals surface area (Å²) in [7, 11) is -1.98. The van der Waals surface area contributed by atoms with E-state index in [0.717, 1.165) is 12.8 Å². The third kappa shape index (κ3) is 4.02. The second-order valence-electron chi connectivity index (χ2n) is 6.65. The van der Waals surface area contributed by atoms with Gasteiger partial charge < -0.3 is 9.64 Å². The zero-order chi connectivity index (χ0) is 18.0. The number of carbonyl (C=O) groups is 1. The second-order valence-corrected chi connectivity index (χ2v) is 8.62. The summed E-state index contributed by atoms with van der Waals surface area (Å²) in [5, 5.41) is 0. The first-order valence-corrected chi connectivity index (χ1v) is 10.0. The van der Waals surface area contributed by atoms with Crippen LogP contribution >= 0.6 is 0 Å². The van der Waals surface area contributed by atoms with Gasteiger partial charge in [0.15, 0.2) is 0 Å². The molecule has 3 aliphatic heterocycles. The number of hydrogen-bond acceptors (Lipinski definition) is 4. The Labute approximate surface area is 147 Å². The fourth-order valence-electron chi connectivity index (χ4n) is 3.59. The number of piperidine rings is 1. The zero-order valence-electron chi connectivity index (χ0n) is 14.2. The van der Waals surface area contributed by atoms with E-state index in [1.54, 1.807) is 12.0 Å². The van der Waals surface area contributed by atoms with Gasteiger partial charge in [-0.1, -0.05) is 12.1 Å². The van der Waals surface area contributed by atoms with Gasteiger partial charge >= 0.3 is 0 Å². The second kappa shape index (κ2) is 7.39. The molecule has 138 valence electrons. The Morgan fingerprint density at radius 1 is 1.20 bits per heavy atom. The van der Waals surface area contributed by atoms with Crippen LogP contribution in [0.2, 0.25) is 0 Å². The van der Waals surface area contributed by atoms with Crippen molar-refractivity contribution in [3.05, 3.63) is 35.6 Å². The van der Waals surface area contributed by atoms with Crippen LogP contribution in [-0.2, 0) is 25.3 Å². The third-order valence-electron chi connectivity index (χ3n) is 4.95. The highest BCUT2D eigenvalue weighted by molar-refractivity contribution is 7.88. The number of nitrogens with zero attached hydrogens (tertiary/aromatic N) is 2. The van der Waals surface area contributed by atoms with E-state index >= 15 is 0 Å². The molecule has 3 fully saturated rings. The molecule has 0 radical (unpaired) electrons. The van der Waals surface area contributed by atoms with Gasteiger partial charge in [-0.15, -0.1) is 0 Å². The fraction of sp³-hybridized carbons (Fsp3) is 0.588. The standard InChI is InChI=1S/C17H23FN2O4S/c1-24-9-8-20-16-7-4-14(17(20)21)10-19(11-16)25(22,23)12-13-2-5-15(18)6-3-13/h2-3,5-6,14,16H,4,7-12H2,1H3/t14-,16+/m1/s1. The van der Waals surface area contributed by atoms with Crippen molar-refractivity contribution in [3.8, 4) is 0 Å². The summed E-state index contributed by atoms with van der Waals surface area (Å²) in [6, 6.07) is 5.37. The van der Waals surface area contributed by atoms with Gasteiger partial charge in [-0.3, -0.25) is 4.79 Å². The van der Waals surface area contributed by atoms with E-state index < -0.39 is 15.8 Å². The molecular weight excluding hydrogens is 347 g/mol. The van der Waals surface area contributed by atoms with E-state index in [2.05, 4.69) is 0 Å². The van der Waals surface area contributed by atoms with Gasteiger partial charge in [-0.05, 0) is 30.5 Å². The van der Waals surface area contributed by atoms with Gasteiger partial charge in [0.25, 0.3) is 0 Å². The molecule has 25 heavy (non-hydrogen) atoms. The minimum atomic E-state index is -3.57. The summed E-state index contributed by atoms with van der Waals surface area (Å²) in [4.78, 5) is 14.4. The van der Waals surface area contributed by atoms with Gasteiger partial charge in [-0.25, -0.2) is 12.8 Å². The summed E-state index contributed by atoms with van der Waals surface area (Å²) in [5.74, 6) is -0.848. The first-order chi connectivity index (χ1) is 11.9. The molecule has 2 bridgehead atoms. The Morgan fingerprint density at radius 3 is 2.60 bits per heavy atom. The number of hydrogen-bond donors (Lipinski definition) is 0. The molecule has 3 aliphatic rings. The van der Waals surface area contributed by atoms with Crippen LogP contribution in [0, 0.1) is 11.7 Å². The van der Waals surface area contributed by atoms with E-state index in [0.29, 0.717) is 25.3 Å². The maximum absolute atomic E-state index is 13.0. The average molecular weight is 370 g/mol. The van der Waals surface area contributed by atoms with Crippen LogP contribution in [0.4, 0.5) is 4.39 Å². The van der Waals surface area contributed by atoms with Crippen LogP contribution in [0.5, 0.6) is 0 Å². The van der Waals surface area contributed by atoms with Crippen molar-refractivity contribution in [3.63, 3.8) is 0 Å². The smallest absolute Gasteiger partial charge is 0.227 e. The first kappa shape index (κ1) is 18.3. The van der Waals surface area contributed by atoms with Gasteiger partial charge in [-0.2, -0.15) is 4.31 Å². The van der Waals surface area contributed by atoms with Crippen LogP contribution in [0.15, 0.2) is 24.3 Å². The normalized spacial score (nSPS) is 24.6. The zero-order valence-corrected chi connectivity index (χ0v) is 15.0. The molecule has 0 N–H and O–H groups in total. The van der Waals surface area contributed by atoms with Crippen molar-refractivity contribution < 1.29 is 22.3 Å². The average Bonchev–Trinajstić information content (AvgIpc) is 2.87. The maximum Gasteiger partial charge on any atom is 0.227 e. The molecule has 0 saturated carbocycles. The number of ether oxygens (including phenoxy) is 1.